The Morgan fingerprint density at radius 2 is 2.13 bits per heavy atom. The van der Waals surface area contributed by atoms with Crippen molar-refractivity contribution in [3.63, 3.8) is 0 Å². The van der Waals surface area contributed by atoms with E-state index >= 15 is 0 Å². The first-order valence-corrected chi connectivity index (χ1v) is 7.79. The Morgan fingerprint density at radius 1 is 1.39 bits per heavy atom. The van der Waals surface area contributed by atoms with Gasteiger partial charge >= 0.3 is 6.18 Å². The molecule has 0 atom stereocenters. The van der Waals surface area contributed by atoms with Crippen LogP contribution in [-0.4, -0.2) is 17.0 Å². The number of hydrogen-bond donors (Lipinski definition) is 1. The molecule has 0 aliphatic heterocycles. The van der Waals surface area contributed by atoms with Crippen LogP contribution in [0.3, 0.4) is 0 Å². The number of thiophene rings is 1. The average molecular weight is 365 g/mol. The normalized spacial score (nSPS) is 11.5. The Balaban J connectivity index is 2.02. The lowest BCUT2D eigenvalue weighted by Gasteiger charge is -2.12. The summed E-state index contributed by atoms with van der Waals surface area (Å²) in [7, 11) is 0. The summed E-state index contributed by atoms with van der Waals surface area (Å²) >= 11 is 7.06. The van der Waals surface area contributed by atoms with Crippen molar-refractivity contribution in [3.05, 3.63) is 55.6 Å². The average Bonchev–Trinajstić information content (AvgIpc) is 2.95. The molecule has 1 N–H and O–H groups in total. The predicted molar refractivity (Wildman–Crippen MR) is 81.7 cm³/mol. The molecule has 0 fully saturated rings. The Bertz CT molecular complexity index is 741. The van der Waals surface area contributed by atoms with E-state index in [1.54, 1.807) is 0 Å². The smallest absolute Gasteiger partial charge is 0.354 e. The number of amides is 1. The van der Waals surface area contributed by atoms with Gasteiger partial charge in [-0.3, -0.25) is 9.59 Å². The van der Waals surface area contributed by atoms with Gasteiger partial charge in [-0.25, -0.2) is 0 Å². The van der Waals surface area contributed by atoms with Crippen LogP contribution in [0.15, 0.2) is 34.6 Å². The van der Waals surface area contributed by atoms with E-state index in [0.717, 1.165) is 4.88 Å². The Labute approximate surface area is 138 Å². The number of halogens is 4. The van der Waals surface area contributed by atoms with Crippen molar-refractivity contribution in [1.82, 2.24) is 9.88 Å². The van der Waals surface area contributed by atoms with E-state index in [0.29, 0.717) is 29.8 Å². The third-order valence-corrected chi connectivity index (χ3v) is 4.16. The van der Waals surface area contributed by atoms with Gasteiger partial charge in [0.15, 0.2) is 0 Å². The summed E-state index contributed by atoms with van der Waals surface area (Å²) in [6.45, 7) is -0.187. The molecule has 124 valence electrons. The molecule has 0 unspecified atom stereocenters. The molecule has 9 heteroatoms. The van der Waals surface area contributed by atoms with E-state index in [9.17, 15) is 22.8 Å². The van der Waals surface area contributed by atoms with Gasteiger partial charge in [-0.2, -0.15) is 13.2 Å². The second kappa shape index (κ2) is 7.18. The highest BCUT2D eigenvalue weighted by atomic mass is 35.5. The van der Waals surface area contributed by atoms with Gasteiger partial charge in [0.25, 0.3) is 5.56 Å². The fourth-order valence-electron chi connectivity index (χ4n) is 1.86. The molecule has 1 amide bonds. The van der Waals surface area contributed by atoms with Crippen LogP contribution >= 0.6 is 22.9 Å². The minimum atomic E-state index is -4.64. The van der Waals surface area contributed by atoms with Crippen molar-refractivity contribution < 1.29 is 18.0 Å². The number of rotatable bonds is 5. The fourth-order valence-corrected chi connectivity index (χ4v) is 2.80. The van der Waals surface area contributed by atoms with Crippen molar-refractivity contribution in [3.8, 4) is 0 Å². The first kappa shape index (κ1) is 17.6. The maximum absolute atomic E-state index is 12.7. The lowest BCUT2D eigenvalue weighted by molar-refractivity contribution is -0.138. The molecule has 4 nitrogen and oxygen atoms in total. The third kappa shape index (κ3) is 4.84. The van der Waals surface area contributed by atoms with Crippen LogP contribution in [-0.2, 0) is 23.9 Å². The SMILES string of the molecule is O=C(Cn1cc(C(F)(F)F)cc(Cl)c1=O)NCCc1cccs1. The lowest BCUT2D eigenvalue weighted by atomic mass is 10.2. The van der Waals surface area contributed by atoms with Gasteiger partial charge in [-0.1, -0.05) is 17.7 Å². The molecule has 0 aliphatic carbocycles. The topological polar surface area (TPSA) is 51.1 Å². The van der Waals surface area contributed by atoms with Crippen molar-refractivity contribution in [1.29, 1.82) is 0 Å². The molecule has 0 saturated carbocycles. The van der Waals surface area contributed by atoms with Crippen LogP contribution in [0.1, 0.15) is 10.4 Å². The quantitative estimate of drug-likeness (QED) is 0.886. The number of hydrogen-bond acceptors (Lipinski definition) is 3. The summed E-state index contributed by atoms with van der Waals surface area (Å²) in [6.07, 6.45) is -3.44. The van der Waals surface area contributed by atoms with Gasteiger partial charge in [0.2, 0.25) is 5.91 Å². The Morgan fingerprint density at radius 3 is 2.74 bits per heavy atom. The second-order valence-corrected chi connectivity index (χ2v) is 6.13. The molecule has 0 aliphatic rings. The van der Waals surface area contributed by atoms with E-state index < -0.39 is 34.8 Å². The summed E-state index contributed by atoms with van der Waals surface area (Å²) in [4.78, 5) is 24.6. The van der Waals surface area contributed by atoms with Crippen LogP contribution in [0.25, 0.3) is 0 Å². The molecule has 2 aromatic heterocycles. The minimum Gasteiger partial charge on any atom is -0.354 e. The van der Waals surface area contributed by atoms with Gasteiger partial charge in [-0.05, 0) is 23.9 Å². The first-order chi connectivity index (χ1) is 10.8. The molecule has 23 heavy (non-hydrogen) atoms. The zero-order valence-corrected chi connectivity index (χ0v) is 13.3. The number of pyridine rings is 1. The molecule has 2 heterocycles. The number of aromatic nitrogens is 1. The fraction of sp³-hybridized carbons (Fsp3) is 0.286. The summed E-state index contributed by atoms with van der Waals surface area (Å²) < 4.78 is 38.8. The van der Waals surface area contributed by atoms with Gasteiger partial charge in [-0.15, -0.1) is 11.3 Å². The van der Waals surface area contributed by atoms with Gasteiger partial charge in [0, 0.05) is 17.6 Å². The highest BCUT2D eigenvalue weighted by molar-refractivity contribution is 7.09. The summed E-state index contributed by atoms with van der Waals surface area (Å²) in [5.74, 6) is -0.556. The number of carbonyl (C=O) groups is 1. The number of carbonyl (C=O) groups excluding carboxylic acids is 1. The van der Waals surface area contributed by atoms with Crippen LogP contribution < -0.4 is 10.9 Å². The van der Waals surface area contributed by atoms with Gasteiger partial charge in [0.1, 0.15) is 11.6 Å². The zero-order chi connectivity index (χ0) is 17.0. The van der Waals surface area contributed by atoms with Crippen LogP contribution in [0.5, 0.6) is 0 Å². The summed E-state index contributed by atoms with van der Waals surface area (Å²) in [5, 5.41) is 3.88. The van der Waals surface area contributed by atoms with Gasteiger partial charge < -0.3 is 9.88 Å². The number of nitrogens with one attached hydrogen (secondary N) is 1. The van der Waals surface area contributed by atoms with Crippen molar-refractivity contribution in [2.24, 2.45) is 0 Å². The van der Waals surface area contributed by atoms with Crippen molar-refractivity contribution >= 4 is 28.8 Å². The standard InChI is InChI=1S/C14H12ClF3N2O2S/c15-11-6-9(14(16,17)18)7-20(13(11)22)8-12(21)19-4-3-10-2-1-5-23-10/h1-2,5-7H,3-4,8H2,(H,19,21). The zero-order valence-electron chi connectivity index (χ0n) is 11.7. The molecule has 0 saturated heterocycles. The van der Waals surface area contributed by atoms with Crippen molar-refractivity contribution in [2.45, 2.75) is 19.1 Å². The first-order valence-electron chi connectivity index (χ1n) is 6.53. The second-order valence-electron chi connectivity index (χ2n) is 4.69. The van der Waals surface area contributed by atoms with E-state index in [1.807, 2.05) is 17.5 Å². The van der Waals surface area contributed by atoms with E-state index in [-0.39, 0.29) is 0 Å². The van der Waals surface area contributed by atoms with E-state index in [4.69, 9.17) is 11.6 Å². The molecule has 0 radical (unpaired) electrons. The molecule has 2 aromatic rings. The van der Waals surface area contributed by atoms with Crippen LogP contribution in [0, 0.1) is 0 Å². The number of alkyl halides is 3. The van der Waals surface area contributed by atoms with Gasteiger partial charge in [0.05, 0.1) is 5.56 Å². The van der Waals surface area contributed by atoms with Crippen molar-refractivity contribution in [2.75, 3.05) is 6.54 Å². The molecule has 0 bridgehead atoms. The van der Waals surface area contributed by atoms with E-state index in [1.165, 1.54) is 11.3 Å². The monoisotopic (exact) mass is 364 g/mol. The maximum atomic E-state index is 12.7. The van der Waals surface area contributed by atoms with E-state index in [2.05, 4.69) is 5.32 Å². The largest absolute Gasteiger partial charge is 0.417 e. The molecular weight excluding hydrogens is 353 g/mol. The molecule has 0 spiro atoms. The Hall–Kier alpha value is -1.80. The highest BCUT2D eigenvalue weighted by Gasteiger charge is 2.32. The summed E-state index contributed by atoms with van der Waals surface area (Å²) in [6, 6.07) is 4.34. The minimum absolute atomic E-state index is 0.334. The number of nitrogens with zero attached hydrogens (tertiary/aromatic N) is 1. The third-order valence-electron chi connectivity index (χ3n) is 2.96. The Kier molecular flexibility index (Phi) is 5.48. The highest BCUT2D eigenvalue weighted by Crippen LogP contribution is 2.29. The molecule has 2 rings (SSSR count). The molecular formula is C14H12ClF3N2O2S. The maximum Gasteiger partial charge on any atom is 0.417 e. The summed E-state index contributed by atoms with van der Waals surface area (Å²) in [5.41, 5.74) is -1.92. The lowest BCUT2D eigenvalue weighted by Crippen LogP contribution is -2.34. The van der Waals surface area contributed by atoms with Crippen LogP contribution in [0.2, 0.25) is 5.02 Å². The van der Waals surface area contributed by atoms with Crippen LogP contribution in [0.4, 0.5) is 13.2 Å². The molecule has 0 aromatic carbocycles. The predicted octanol–water partition coefficient (Wildman–Crippen LogP) is 2.94.